The van der Waals surface area contributed by atoms with Crippen LogP contribution in [0.15, 0.2) is 30.3 Å². The van der Waals surface area contributed by atoms with E-state index in [-0.39, 0.29) is 5.78 Å². The van der Waals surface area contributed by atoms with E-state index in [1.807, 2.05) is 24.3 Å². The first-order chi connectivity index (χ1) is 7.25. The standard InChI is InChI=1S/C13H13ClO/c14-12-6-3-5-10(8-12)11-4-1-2-7-13(15)9-11/h3,5-6,8-9H,1-2,4,7H2. The molecule has 78 valence electrons. The summed E-state index contributed by atoms with van der Waals surface area (Å²) in [5.41, 5.74) is 2.21. The Morgan fingerprint density at radius 2 is 1.93 bits per heavy atom. The molecular formula is C13H13ClO. The largest absolute Gasteiger partial charge is 0.295 e. The zero-order valence-electron chi connectivity index (χ0n) is 8.50. The Labute approximate surface area is 94.8 Å². The molecule has 0 radical (unpaired) electrons. The lowest BCUT2D eigenvalue weighted by atomic mass is 10.0. The predicted octanol–water partition coefficient (Wildman–Crippen LogP) is 3.87. The third-order valence-electron chi connectivity index (χ3n) is 2.65. The molecule has 1 nitrogen and oxygen atoms in total. The Morgan fingerprint density at radius 1 is 1.13 bits per heavy atom. The molecule has 0 aliphatic heterocycles. The highest BCUT2D eigenvalue weighted by molar-refractivity contribution is 6.30. The number of hydrogen-bond acceptors (Lipinski definition) is 1. The second kappa shape index (κ2) is 4.63. The molecule has 0 unspecified atom stereocenters. The quantitative estimate of drug-likeness (QED) is 0.702. The highest BCUT2D eigenvalue weighted by atomic mass is 35.5. The first-order valence-corrected chi connectivity index (χ1v) is 5.63. The van der Waals surface area contributed by atoms with Crippen LogP contribution in [0.4, 0.5) is 0 Å². The Kier molecular flexibility index (Phi) is 3.22. The van der Waals surface area contributed by atoms with Gasteiger partial charge in [-0.2, -0.15) is 0 Å². The van der Waals surface area contributed by atoms with Crippen molar-refractivity contribution in [2.75, 3.05) is 0 Å². The molecule has 0 amide bonds. The van der Waals surface area contributed by atoms with E-state index in [0.29, 0.717) is 6.42 Å². The first-order valence-electron chi connectivity index (χ1n) is 5.25. The summed E-state index contributed by atoms with van der Waals surface area (Å²) in [4.78, 5) is 11.4. The fourth-order valence-electron chi connectivity index (χ4n) is 1.87. The molecule has 1 aliphatic rings. The molecular weight excluding hydrogens is 208 g/mol. The minimum absolute atomic E-state index is 0.238. The number of rotatable bonds is 1. The van der Waals surface area contributed by atoms with Gasteiger partial charge in [0.15, 0.2) is 5.78 Å². The summed E-state index contributed by atoms with van der Waals surface area (Å²) in [7, 11) is 0. The van der Waals surface area contributed by atoms with Gasteiger partial charge in [0.25, 0.3) is 0 Å². The van der Waals surface area contributed by atoms with Gasteiger partial charge < -0.3 is 0 Å². The number of ketones is 1. The molecule has 1 aromatic rings. The van der Waals surface area contributed by atoms with Crippen LogP contribution in [-0.2, 0) is 4.79 Å². The Hall–Kier alpha value is -1.08. The minimum atomic E-state index is 0.238. The molecule has 15 heavy (non-hydrogen) atoms. The van der Waals surface area contributed by atoms with Gasteiger partial charge in [-0.25, -0.2) is 0 Å². The summed E-state index contributed by atoms with van der Waals surface area (Å²) in [5, 5.41) is 0.727. The summed E-state index contributed by atoms with van der Waals surface area (Å²) >= 11 is 5.93. The van der Waals surface area contributed by atoms with Crippen molar-refractivity contribution in [3.63, 3.8) is 0 Å². The smallest absolute Gasteiger partial charge is 0.155 e. The molecule has 0 aromatic heterocycles. The second-order valence-electron chi connectivity index (χ2n) is 3.85. The average molecular weight is 221 g/mol. The molecule has 0 saturated carbocycles. The number of allylic oxidation sites excluding steroid dienone is 2. The van der Waals surface area contributed by atoms with Crippen molar-refractivity contribution >= 4 is 23.0 Å². The molecule has 0 saturated heterocycles. The molecule has 1 aromatic carbocycles. The van der Waals surface area contributed by atoms with Crippen molar-refractivity contribution in [3.8, 4) is 0 Å². The van der Waals surface area contributed by atoms with Crippen LogP contribution in [0.3, 0.4) is 0 Å². The van der Waals surface area contributed by atoms with Gasteiger partial charge in [-0.15, -0.1) is 0 Å². The van der Waals surface area contributed by atoms with Gasteiger partial charge in [-0.1, -0.05) is 23.7 Å². The normalized spacial score (nSPS) is 17.1. The van der Waals surface area contributed by atoms with Crippen LogP contribution >= 0.6 is 11.6 Å². The lowest BCUT2D eigenvalue weighted by Gasteiger charge is -2.05. The van der Waals surface area contributed by atoms with Crippen LogP contribution in [0, 0.1) is 0 Å². The minimum Gasteiger partial charge on any atom is -0.295 e. The van der Waals surface area contributed by atoms with E-state index < -0.39 is 0 Å². The Balaban J connectivity index is 2.32. The highest BCUT2D eigenvalue weighted by Crippen LogP contribution is 2.26. The molecule has 0 bridgehead atoms. The second-order valence-corrected chi connectivity index (χ2v) is 4.29. The van der Waals surface area contributed by atoms with Crippen LogP contribution in [0.2, 0.25) is 5.02 Å². The van der Waals surface area contributed by atoms with Crippen LogP contribution in [0.25, 0.3) is 5.57 Å². The van der Waals surface area contributed by atoms with E-state index in [9.17, 15) is 4.79 Å². The summed E-state index contributed by atoms with van der Waals surface area (Å²) in [6.45, 7) is 0. The SMILES string of the molecule is O=C1C=C(c2cccc(Cl)c2)CCCC1. The van der Waals surface area contributed by atoms with Gasteiger partial charge in [-0.05, 0) is 48.6 Å². The van der Waals surface area contributed by atoms with Crippen LogP contribution < -0.4 is 0 Å². The third kappa shape index (κ3) is 2.69. The van der Waals surface area contributed by atoms with Gasteiger partial charge in [0.2, 0.25) is 0 Å². The number of halogens is 1. The monoisotopic (exact) mass is 220 g/mol. The van der Waals surface area contributed by atoms with Crippen molar-refractivity contribution < 1.29 is 4.79 Å². The predicted molar refractivity (Wildman–Crippen MR) is 62.9 cm³/mol. The van der Waals surface area contributed by atoms with E-state index in [4.69, 9.17) is 11.6 Å². The van der Waals surface area contributed by atoms with E-state index in [1.165, 1.54) is 0 Å². The summed E-state index contributed by atoms with van der Waals surface area (Å²) in [5.74, 6) is 0.238. The maximum absolute atomic E-state index is 11.4. The van der Waals surface area contributed by atoms with E-state index in [2.05, 4.69) is 0 Å². The van der Waals surface area contributed by atoms with Crippen molar-refractivity contribution in [2.24, 2.45) is 0 Å². The van der Waals surface area contributed by atoms with E-state index >= 15 is 0 Å². The molecule has 0 heterocycles. The molecule has 0 atom stereocenters. The lowest BCUT2D eigenvalue weighted by Crippen LogP contribution is -1.90. The lowest BCUT2D eigenvalue weighted by molar-refractivity contribution is -0.114. The molecule has 0 spiro atoms. The Bertz CT molecular complexity index is 407. The molecule has 0 N–H and O–H groups in total. The zero-order valence-corrected chi connectivity index (χ0v) is 9.26. The van der Waals surface area contributed by atoms with Crippen molar-refractivity contribution in [1.82, 2.24) is 0 Å². The molecule has 2 heteroatoms. The summed E-state index contributed by atoms with van der Waals surface area (Å²) in [6, 6.07) is 7.71. The third-order valence-corrected chi connectivity index (χ3v) is 2.89. The van der Waals surface area contributed by atoms with Crippen molar-refractivity contribution in [3.05, 3.63) is 40.9 Å². The number of hydrogen-bond donors (Lipinski definition) is 0. The van der Waals surface area contributed by atoms with Crippen molar-refractivity contribution in [2.45, 2.75) is 25.7 Å². The van der Waals surface area contributed by atoms with E-state index in [1.54, 1.807) is 6.08 Å². The topological polar surface area (TPSA) is 17.1 Å². The zero-order chi connectivity index (χ0) is 10.7. The average Bonchev–Trinajstić information content (AvgIpc) is 2.43. The maximum atomic E-state index is 11.4. The number of carbonyl (C=O) groups is 1. The molecule has 2 rings (SSSR count). The molecule has 0 fully saturated rings. The molecule has 1 aliphatic carbocycles. The van der Waals surface area contributed by atoms with Crippen LogP contribution in [-0.4, -0.2) is 5.78 Å². The van der Waals surface area contributed by atoms with Gasteiger partial charge in [-0.3, -0.25) is 4.79 Å². The van der Waals surface area contributed by atoms with E-state index in [0.717, 1.165) is 35.4 Å². The van der Waals surface area contributed by atoms with Crippen LogP contribution in [0.1, 0.15) is 31.2 Å². The highest BCUT2D eigenvalue weighted by Gasteiger charge is 2.09. The van der Waals surface area contributed by atoms with Gasteiger partial charge in [0.05, 0.1) is 0 Å². The summed E-state index contributed by atoms with van der Waals surface area (Å²) < 4.78 is 0. The fourth-order valence-corrected chi connectivity index (χ4v) is 2.06. The fraction of sp³-hybridized carbons (Fsp3) is 0.308. The van der Waals surface area contributed by atoms with Gasteiger partial charge in [0.1, 0.15) is 0 Å². The summed E-state index contributed by atoms with van der Waals surface area (Å²) in [6.07, 6.45) is 5.53. The van der Waals surface area contributed by atoms with Gasteiger partial charge >= 0.3 is 0 Å². The van der Waals surface area contributed by atoms with Crippen LogP contribution in [0.5, 0.6) is 0 Å². The first kappa shape index (κ1) is 10.4. The van der Waals surface area contributed by atoms with Gasteiger partial charge in [0, 0.05) is 11.4 Å². The number of benzene rings is 1. The maximum Gasteiger partial charge on any atom is 0.155 e. The number of carbonyl (C=O) groups excluding carboxylic acids is 1. The van der Waals surface area contributed by atoms with Crippen molar-refractivity contribution in [1.29, 1.82) is 0 Å². The Morgan fingerprint density at radius 3 is 2.73 bits per heavy atom.